The lowest BCUT2D eigenvalue weighted by atomic mass is 10.1. The van der Waals surface area contributed by atoms with E-state index < -0.39 is 0 Å². The van der Waals surface area contributed by atoms with Crippen molar-refractivity contribution in [2.45, 2.75) is 33.1 Å². The van der Waals surface area contributed by atoms with Crippen LogP contribution in [0.1, 0.15) is 32.3 Å². The van der Waals surface area contributed by atoms with Gasteiger partial charge in [-0.15, -0.1) is 0 Å². The summed E-state index contributed by atoms with van der Waals surface area (Å²) in [4.78, 5) is 10.0. The molecule has 1 N–H and O–H groups in total. The topological polar surface area (TPSA) is 29.1 Å². The van der Waals surface area contributed by atoms with Gasteiger partial charge in [-0.25, -0.2) is 0 Å². The Bertz CT molecular complexity index is 330. The number of rotatable bonds is 6. The summed E-state index contributed by atoms with van der Waals surface area (Å²) in [6.07, 6.45) is 5.60. The minimum atomic E-state index is 0.856. The minimum Gasteiger partial charge on any atom is -0.319 e. The molecule has 2 nitrogen and oxygen atoms in total. The van der Waals surface area contributed by atoms with Crippen LogP contribution in [0, 0.1) is 0 Å². The molecule has 0 saturated carbocycles. The zero-order valence-corrected chi connectivity index (χ0v) is 11.8. The van der Waals surface area contributed by atoms with Gasteiger partial charge in [0.15, 0.2) is 0 Å². The highest BCUT2D eigenvalue weighted by molar-refractivity contribution is 5.66. The average Bonchev–Trinajstić information content (AvgIpc) is 2.45. The molecule has 100 valence electrons. The van der Waals surface area contributed by atoms with E-state index in [0.717, 1.165) is 32.1 Å². The first-order valence-electron chi connectivity index (χ1n) is 6.60. The van der Waals surface area contributed by atoms with Gasteiger partial charge in [-0.05, 0) is 44.5 Å². The molecule has 0 aliphatic rings. The molecule has 18 heavy (non-hydrogen) atoms. The summed E-state index contributed by atoms with van der Waals surface area (Å²) in [5.41, 5.74) is 2.62. The molecule has 2 heteroatoms. The van der Waals surface area contributed by atoms with Gasteiger partial charge < -0.3 is 5.32 Å². The van der Waals surface area contributed by atoms with Crippen molar-refractivity contribution in [2.24, 2.45) is 0 Å². The van der Waals surface area contributed by atoms with Gasteiger partial charge in [-0.2, -0.15) is 0 Å². The smallest absolute Gasteiger partial charge is 0.142 e. The second-order valence-corrected chi connectivity index (χ2v) is 4.01. The van der Waals surface area contributed by atoms with Crippen molar-refractivity contribution in [3.8, 4) is 0 Å². The van der Waals surface area contributed by atoms with Crippen molar-refractivity contribution in [1.29, 1.82) is 0 Å². The molecule has 0 fully saturated rings. The first-order valence-corrected chi connectivity index (χ1v) is 6.60. The molecule has 0 amide bonds. The Morgan fingerprint density at radius 1 is 1.22 bits per heavy atom. The highest BCUT2D eigenvalue weighted by Gasteiger charge is 1.90. The largest absolute Gasteiger partial charge is 0.319 e. The van der Waals surface area contributed by atoms with E-state index in [2.05, 4.69) is 43.4 Å². The monoisotopic (exact) mass is 247 g/mol. The maximum absolute atomic E-state index is 10.0. The predicted molar refractivity (Wildman–Crippen MR) is 78.8 cm³/mol. The fourth-order valence-electron chi connectivity index (χ4n) is 1.47. The van der Waals surface area contributed by atoms with Crippen molar-refractivity contribution in [3.05, 3.63) is 47.5 Å². The quantitative estimate of drug-likeness (QED) is 0.617. The Morgan fingerprint density at radius 3 is 2.28 bits per heavy atom. The van der Waals surface area contributed by atoms with Crippen LogP contribution < -0.4 is 5.32 Å². The highest BCUT2D eigenvalue weighted by Crippen LogP contribution is 2.03. The SMILES string of the molecule is CC/C(=C\C=O)CCNC.CCc1ccccc1. The van der Waals surface area contributed by atoms with Crippen molar-refractivity contribution in [3.63, 3.8) is 0 Å². The maximum atomic E-state index is 10.0. The number of carbonyl (C=O) groups excluding carboxylic acids is 1. The molecule has 0 heterocycles. The summed E-state index contributed by atoms with van der Waals surface area (Å²) < 4.78 is 0. The Labute approximate surface area is 111 Å². The van der Waals surface area contributed by atoms with Crippen molar-refractivity contribution in [2.75, 3.05) is 13.6 Å². The molecule has 0 atom stereocenters. The van der Waals surface area contributed by atoms with Crippen molar-refractivity contribution >= 4 is 6.29 Å². The Balaban J connectivity index is 0.000000327. The highest BCUT2D eigenvalue weighted by atomic mass is 16.1. The number of hydrogen-bond donors (Lipinski definition) is 1. The van der Waals surface area contributed by atoms with Crippen LogP contribution in [-0.4, -0.2) is 19.9 Å². The zero-order chi connectivity index (χ0) is 13.6. The minimum absolute atomic E-state index is 0.856. The first-order chi connectivity index (χ1) is 8.78. The molecule has 0 aliphatic carbocycles. The van der Waals surface area contributed by atoms with Crippen LogP contribution in [0.25, 0.3) is 0 Å². The predicted octanol–water partition coefficient (Wildman–Crippen LogP) is 3.38. The molecule has 0 aromatic heterocycles. The van der Waals surface area contributed by atoms with Gasteiger partial charge in [0.2, 0.25) is 0 Å². The van der Waals surface area contributed by atoms with E-state index in [1.165, 1.54) is 11.1 Å². The first kappa shape index (κ1) is 16.6. The third kappa shape index (κ3) is 8.71. The van der Waals surface area contributed by atoms with E-state index in [1.54, 1.807) is 6.08 Å². The summed E-state index contributed by atoms with van der Waals surface area (Å²) in [5.74, 6) is 0. The van der Waals surface area contributed by atoms with Gasteiger partial charge in [0.25, 0.3) is 0 Å². The molecule has 1 aromatic rings. The van der Waals surface area contributed by atoms with Gasteiger partial charge in [0.1, 0.15) is 6.29 Å². The summed E-state index contributed by atoms with van der Waals surface area (Å²) in [6, 6.07) is 10.5. The number of nitrogens with one attached hydrogen (secondary N) is 1. The van der Waals surface area contributed by atoms with Crippen LogP contribution in [0.15, 0.2) is 42.0 Å². The van der Waals surface area contributed by atoms with Crippen LogP contribution in [0.5, 0.6) is 0 Å². The summed E-state index contributed by atoms with van der Waals surface area (Å²) in [6.45, 7) is 5.17. The normalized spacial score (nSPS) is 10.5. The van der Waals surface area contributed by atoms with E-state index in [-0.39, 0.29) is 0 Å². The lowest BCUT2D eigenvalue weighted by Crippen LogP contribution is -2.08. The van der Waals surface area contributed by atoms with E-state index in [4.69, 9.17) is 0 Å². The number of benzene rings is 1. The summed E-state index contributed by atoms with van der Waals surface area (Å²) in [7, 11) is 1.91. The molecular formula is C16H25NO. The van der Waals surface area contributed by atoms with Crippen LogP contribution in [0.2, 0.25) is 0 Å². The second kappa shape index (κ2) is 12.1. The van der Waals surface area contributed by atoms with Crippen LogP contribution in [0.3, 0.4) is 0 Å². The number of hydrogen-bond acceptors (Lipinski definition) is 2. The molecule has 0 unspecified atom stereocenters. The summed E-state index contributed by atoms with van der Waals surface area (Å²) >= 11 is 0. The standard InChI is InChI=1S/C8H15NO.C8H10/c1-3-8(5-7-10)4-6-9-2;1-2-8-6-4-3-5-7-8/h5,7,9H,3-4,6H2,1-2H3;3-7H,2H2,1H3/b8-5+;. The van der Waals surface area contributed by atoms with Gasteiger partial charge in [0, 0.05) is 0 Å². The third-order valence-electron chi connectivity index (χ3n) is 2.71. The molecule has 0 aliphatic heterocycles. The number of allylic oxidation sites excluding steroid dienone is 1. The molecule has 0 spiro atoms. The van der Waals surface area contributed by atoms with Gasteiger partial charge >= 0.3 is 0 Å². The molecule has 0 saturated heterocycles. The zero-order valence-electron chi connectivity index (χ0n) is 11.8. The van der Waals surface area contributed by atoms with Crippen LogP contribution >= 0.6 is 0 Å². The van der Waals surface area contributed by atoms with E-state index in [1.807, 2.05) is 13.1 Å². The molecule has 0 radical (unpaired) electrons. The van der Waals surface area contributed by atoms with Gasteiger partial charge in [-0.1, -0.05) is 49.8 Å². The van der Waals surface area contributed by atoms with Crippen LogP contribution in [0.4, 0.5) is 0 Å². The van der Waals surface area contributed by atoms with Gasteiger partial charge in [0.05, 0.1) is 0 Å². The molecule has 0 bridgehead atoms. The lowest BCUT2D eigenvalue weighted by molar-refractivity contribution is -0.104. The summed E-state index contributed by atoms with van der Waals surface area (Å²) in [5, 5.41) is 3.03. The fourth-order valence-corrected chi connectivity index (χ4v) is 1.47. The third-order valence-corrected chi connectivity index (χ3v) is 2.71. The van der Waals surface area contributed by atoms with Crippen molar-refractivity contribution in [1.82, 2.24) is 5.32 Å². The molecular weight excluding hydrogens is 222 g/mol. The lowest BCUT2D eigenvalue weighted by Gasteiger charge is -2.00. The van der Waals surface area contributed by atoms with Crippen LogP contribution in [-0.2, 0) is 11.2 Å². The fraction of sp³-hybridized carbons (Fsp3) is 0.438. The van der Waals surface area contributed by atoms with E-state index in [9.17, 15) is 4.79 Å². The van der Waals surface area contributed by atoms with Gasteiger partial charge in [-0.3, -0.25) is 4.79 Å². The number of aldehydes is 1. The molecule has 1 rings (SSSR count). The second-order valence-electron chi connectivity index (χ2n) is 4.01. The van der Waals surface area contributed by atoms with E-state index >= 15 is 0 Å². The Morgan fingerprint density at radius 2 is 1.89 bits per heavy atom. The Hall–Kier alpha value is -1.41. The van der Waals surface area contributed by atoms with Crippen molar-refractivity contribution < 1.29 is 4.79 Å². The Kier molecular flexibility index (Phi) is 11.1. The number of carbonyl (C=O) groups is 1. The number of aryl methyl sites for hydroxylation is 1. The van der Waals surface area contributed by atoms with E-state index in [0.29, 0.717) is 0 Å². The maximum Gasteiger partial charge on any atom is 0.142 e. The average molecular weight is 247 g/mol. The molecule has 1 aromatic carbocycles.